The maximum Gasteiger partial charge on any atom is 0.256 e. The van der Waals surface area contributed by atoms with Crippen LogP contribution in [-0.4, -0.2) is 39.4 Å². The molecule has 1 aromatic heterocycles. The summed E-state index contributed by atoms with van der Waals surface area (Å²) >= 11 is 1.51. The van der Waals surface area contributed by atoms with Crippen molar-refractivity contribution in [1.82, 2.24) is 9.88 Å². The third kappa shape index (κ3) is 3.56. The van der Waals surface area contributed by atoms with Gasteiger partial charge in [0, 0.05) is 23.3 Å². The molecule has 1 atom stereocenters. The highest BCUT2D eigenvalue weighted by molar-refractivity contribution is 7.99. The summed E-state index contributed by atoms with van der Waals surface area (Å²) in [5, 5.41) is 2.67. The number of hydrogen-bond acceptors (Lipinski definition) is 4. The van der Waals surface area contributed by atoms with Crippen LogP contribution in [-0.2, 0) is 4.79 Å². The molecule has 0 saturated carbocycles. The maximum absolute atomic E-state index is 13.2. The first-order valence-corrected chi connectivity index (χ1v) is 8.58. The number of amides is 2. The Hall–Kier alpha value is -2.41. The minimum atomic E-state index is -0.591. The minimum absolute atomic E-state index is 0.230. The summed E-state index contributed by atoms with van der Waals surface area (Å²) in [4.78, 5) is 30.7. The lowest BCUT2D eigenvalue weighted by atomic mass is 10.2. The highest BCUT2D eigenvalue weighted by Gasteiger charge is 2.35. The van der Waals surface area contributed by atoms with Gasteiger partial charge in [0.25, 0.3) is 5.91 Å². The number of thioether (sulfide) groups is 1. The Labute approximate surface area is 143 Å². The van der Waals surface area contributed by atoms with Crippen LogP contribution in [0.5, 0.6) is 0 Å². The van der Waals surface area contributed by atoms with Gasteiger partial charge >= 0.3 is 0 Å². The molecule has 2 aromatic rings. The van der Waals surface area contributed by atoms with Crippen LogP contribution in [0.2, 0.25) is 0 Å². The number of nitrogens with zero attached hydrogens (tertiary/aromatic N) is 2. The molecular formula is C17H16FN3O2S. The molecule has 1 N–H and O–H groups in total. The second-order valence-corrected chi connectivity index (χ2v) is 6.48. The third-order valence-corrected chi connectivity index (χ3v) is 4.71. The molecule has 1 aliphatic rings. The van der Waals surface area contributed by atoms with Crippen molar-refractivity contribution in [2.24, 2.45) is 0 Å². The number of carbonyl (C=O) groups excluding carboxylic acids is 2. The molecule has 5 nitrogen and oxygen atoms in total. The molecule has 0 unspecified atom stereocenters. The number of nitrogens with one attached hydrogen (secondary N) is 1. The molecule has 1 saturated heterocycles. The number of carbonyl (C=O) groups is 2. The average molecular weight is 345 g/mol. The summed E-state index contributed by atoms with van der Waals surface area (Å²) in [6.45, 7) is 1.84. The summed E-state index contributed by atoms with van der Waals surface area (Å²) < 4.78 is 13.2. The van der Waals surface area contributed by atoms with Gasteiger partial charge in [0.05, 0.1) is 11.4 Å². The lowest BCUT2D eigenvalue weighted by Crippen LogP contribution is -2.44. The van der Waals surface area contributed by atoms with E-state index in [4.69, 9.17) is 0 Å². The van der Waals surface area contributed by atoms with Crippen molar-refractivity contribution in [2.75, 3.05) is 16.9 Å². The third-order valence-electron chi connectivity index (χ3n) is 3.70. The smallest absolute Gasteiger partial charge is 0.256 e. The summed E-state index contributed by atoms with van der Waals surface area (Å²) in [7, 11) is 0. The molecule has 0 aliphatic carbocycles. The number of anilines is 1. The van der Waals surface area contributed by atoms with Crippen LogP contribution in [0, 0.1) is 12.7 Å². The molecule has 124 valence electrons. The fourth-order valence-corrected chi connectivity index (χ4v) is 3.57. The van der Waals surface area contributed by atoms with Crippen LogP contribution < -0.4 is 5.32 Å². The molecular weight excluding hydrogens is 329 g/mol. The fourth-order valence-electron chi connectivity index (χ4n) is 2.41. The first kappa shape index (κ1) is 16.4. The Morgan fingerprint density at radius 2 is 2.17 bits per heavy atom. The van der Waals surface area contributed by atoms with Gasteiger partial charge in [0.2, 0.25) is 5.91 Å². The van der Waals surface area contributed by atoms with Crippen LogP contribution in [0.4, 0.5) is 10.1 Å². The van der Waals surface area contributed by atoms with E-state index < -0.39 is 11.9 Å². The highest BCUT2D eigenvalue weighted by atomic mass is 32.2. The van der Waals surface area contributed by atoms with E-state index >= 15 is 0 Å². The van der Waals surface area contributed by atoms with Crippen LogP contribution in [0.15, 0.2) is 42.6 Å². The quantitative estimate of drug-likeness (QED) is 0.929. The largest absolute Gasteiger partial charge is 0.324 e. The number of rotatable bonds is 3. The average Bonchev–Trinajstić information content (AvgIpc) is 3.04. The summed E-state index contributed by atoms with van der Waals surface area (Å²) in [5.74, 6) is -0.0293. The van der Waals surface area contributed by atoms with E-state index in [0.717, 1.165) is 5.69 Å². The fraction of sp³-hybridized carbons (Fsp3) is 0.235. The zero-order valence-electron chi connectivity index (χ0n) is 13.0. The standard InChI is InChI=1S/C17H16FN3O2S/c1-11-5-6-12(8-19-11)17(23)21-10-24-9-15(21)16(22)20-14-4-2-3-13(18)7-14/h2-8,15H,9-10H2,1H3,(H,20,22)/t15-/m0/s1. The number of pyridine rings is 1. The zero-order chi connectivity index (χ0) is 17.1. The van der Waals surface area contributed by atoms with Gasteiger partial charge < -0.3 is 10.2 Å². The van der Waals surface area contributed by atoms with E-state index in [2.05, 4.69) is 10.3 Å². The van der Waals surface area contributed by atoms with Gasteiger partial charge in [-0.3, -0.25) is 14.6 Å². The first-order valence-electron chi connectivity index (χ1n) is 7.42. The van der Waals surface area contributed by atoms with E-state index in [9.17, 15) is 14.0 Å². The van der Waals surface area contributed by atoms with Crippen LogP contribution in [0.1, 0.15) is 16.1 Å². The van der Waals surface area contributed by atoms with Crippen molar-refractivity contribution in [2.45, 2.75) is 13.0 Å². The second-order valence-electron chi connectivity index (χ2n) is 5.48. The maximum atomic E-state index is 13.2. The van der Waals surface area contributed by atoms with Crippen molar-refractivity contribution in [3.05, 3.63) is 59.7 Å². The van der Waals surface area contributed by atoms with E-state index in [1.54, 1.807) is 18.2 Å². The van der Waals surface area contributed by atoms with E-state index in [-0.39, 0.29) is 11.8 Å². The summed E-state index contributed by atoms with van der Waals surface area (Å²) in [5.41, 5.74) is 1.65. The monoisotopic (exact) mass is 345 g/mol. The number of aryl methyl sites for hydroxylation is 1. The molecule has 0 bridgehead atoms. The second kappa shape index (κ2) is 7.00. The van der Waals surface area contributed by atoms with Crippen molar-refractivity contribution >= 4 is 29.3 Å². The van der Waals surface area contributed by atoms with Gasteiger partial charge in [-0.2, -0.15) is 0 Å². The van der Waals surface area contributed by atoms with E-state index in [1.165, 1.54) is 41.1 Å². The van der Waals surface area contributed by atoms with Crippen LogP contribution in [0.25, 0.3) is 0 Å². The SMILES string of the molecule is Cc1ccc(C(=O)N2CSC[C@H]2C(=O)Nc2cccc(F)c2)cn1. The molecule has 0 radical (unpaired) electrons. The number of halogens is 1. The van der Waals surface area contributed by atoms with Crippen molar-refractivity contribution in [3.8, 4) is 0 Å². The normalized spacial score (nSPS) is 16.9. The summed E-state index contributed by atoms with van der Waals surface area (Å²) in [6.07, 6.45) is 1.52. The van der Waals surface area contributed by atoms with E-state index in [1.807, 2.05) is 6.92 Å². The van der Waals surface area contributed by atoms with Crippen LogP contribution in [0.3, 0.4) is 0 Å². The van der Waals surface area contributed by atoms with Gasteiger partial charge in [-0.15, -0.1) is 11.8 Å². The Kier molecular flexibility index (Phi) is 4.80. The highest BCUT2D eigenvalue weighted by Crippen LogP contribution is 2.24. The van der Waals surface area contributed by atoms with Gasteiger partial charge in [-0.05, 0) is 37.3 Å². The molecule has 7 heteroatoms. The van der Waals surface area contributed by atoms with Crippen molar-refractivity contribution in [3.63, 3.8) is 0 Å². The number of hydrogen-bond donors (Lipinski definition) is 1. The molecule has 3 rings (SSSR count). The molecule has 2 heterocycles. The Balaban J connectivity index is 1.73. The van der Waals surface area contributed by atoms with Crippen LogP contribution >= 0.6 is 11.8 Å². The van der Waals surface area contributed by atoms with Gasteiger partial charge in [-0.25, -0.2) is 4.39 Å². The Bertz CT molecular complexity index is 767. The number of aromatic nitrogens is 1. The van der Waals surface area contributed by atoms with Gasteiger partial charge in [0.15, 0.2) is 0 Å². The number of benzene rings is 1. The molecule has 1 aliphatic heterocycles. The Morgan fingerprint density at radius 1 is 1.33 bits per heavy atom. The predicted octanol–water partition coefficient (Wildman–Crippen LogP) is 2.68. The lowest BCUT2D eigenvalue weighted by Gasteiger charge is -2.23. The minimum Gasteiger partial charge on any atom is -0.324 e. The van der Waals surface area contributed by atoms with Crippen molar-refractivity contribution in [1.29, 1.82) is 0 Å². The summed E-state index contributed by atoms with van der Waals surface area (Å²) in [6, 6.07) is 8.56. The zero-order valence-corrected chi connectivity index (χ0v) is 13.8. The lowest BCUT2D eigenvalue weighted by molar-refractivity contribution is -0.119. The topological polar surface area (TPSA) is 62.3 Å². The van der Waals surface area contributed by atoms with Crippen molar-refractivity contribution < 1.29 is 14.0 Å². The molecule has 1 fully saturated rings. The van der Waals surface area contributed by atoms with E-state index in [0.29, 0.717) is 22.9 Å². The molecule has 1 aromatic carbocycles. The molecule has 2 amide bonds. The van der Waals surface area contributed by atoms with Gasteiger partial charge in [-0.1, -0.05) is 6.07 Å². The first-order chi connectivity index (χ1) is 11.5. The predicted molar refractivity (Wildman–Crippen MR) is 91.3 cm³/mol. The molecule has 24 heavy (non-hydrogen) atoms. The Morgan fingerprint density at radius 3 is 2.88 bits per heavy atom. The van der Waals surface area contributed by atoms with Gasteiger partial charge in [0.1, 0.15) is 11.9 Å². The molecule has 0 spiro atoms.